The minimum absolute atomic E-state index is 0.00242. The van der Waals surface area contributed by atoms with E-state index in [1.54, 1.807) is 24.8 Å². The van der Waals surface area contributed by atoms with Crippen LogP contribution >= 0.6 is 11.6 Å². The summed E-state index contributed by atoms with van der Waals surface area (Å²) in [5.74, 6) is -1.02. The quantitative estimate of drug-likeness (QED) is 0.403. The predicted molar refractivity (Wildman–Crippen MR) is 101 cm³/mol. The first-order chi connectivity index (χ1) is 12.4. The molecule has 0 bridgehead atoms. The van der Waals surface area contributed by atoms with Gasteiger partial charge in [-0.2, -0.15) is 0 Å². The van der Waals surface area contributed by atoms with Gasteiger partial charge in [-0.25, -0.2) is 9.79 Å². The molecule has 0 aliphatic carbocycles. The minimum atomic E-state index is -0.485. The molecule has 1 fully saturated rings. The van der Waals surface area contributed by atoms with Crippen molar-refractivity contribution in [2.24, 2.45) is 10.9 Å². The van der Waals surface area contributed by atoms with Crippen molar-refractivity contribution in [2.45, 2.75) is 39.2 Å². The van der Waals surface area contributed by atoms with Crippen LogP contribution in [0.5, 0.6) is 0 Å². The summed E-state index contributed by atoms with van der Waals surface area (Å²) in [5.41, 5.74) is 1.55. The molecule has 0 spiro atoms. The number of aliphatic imine (C=N–C) groups is 1. The van der Waals surface area contributed by atoms with Crippen molar-refractivity contribution < 1.29 is 19.1 Å². The molecule has 0 aromatic rings. The van der Waals surface area contributed by atoms with Gasteiger partial charge in [0.15, 0.2) is 0 Å². The monoisotopic (exact) mass is 380 g/mol. The number of ether oxygens (including phenoxy) is 2. The lowest BCUT2D eigenvalue weighted by molar-refractivity contribution is -0.138. The maximum absolute atomic E-state index is 12.7. The van der Waals surface area contributed by atoms with Crippen LogP contribution in [0, 0.1) is 5.92 Å². The zero-order valence-electron chi connectivity index (χ0n) is 15.5. The van der Waals surface area contributed by atoms with Gasteiger partial charge >= 0.3 is 5.97 Å². The van der Waals surface area contributed by atoms with E-state index in [0.717, 1.165) is 12.8 Å². The number of esters is 1. The first-order valence-corrected chi connectivity index (χ1v) is 9.02. The first kappa shape index (κ1) is 20.4. The lowest BCUT2D eigenvalue weighted by Crippen LogP contribution is -2.43. The van der Waals surface area contributed by atoms with Crippen LogP contribution in [-0.4, -0.2) is 49.4 Å². The molecule has 0 radical (unpaired) electrons. The van der Waals surface area contributed by atoms with Crippen molar-refractivity contribution in [1.82, 2.24) is 4.90 Å². The van der Waals surface area contributed by atoms with Gasteiger partial charge < -0.3 is 14.4 Å². The lowest BCUT2D eigenvalue weighted by atomic mass is 9.84. The Labute approximate surface area is 159 Å². The number of carbonyl (C=O) groups is 2. The molecule has 6 nitrogen and oxygen atoms in total. The van der Waals surface area contributed by atoms with E-state index in [-0.39, 0.29) is 18.4 Å². The molecule has 0 aromatic heterocycles. The zero-order valence-corrected chi connectivity index (χ0v) is 16.2. The molecule has 7 heteroatoms. The molecular formula is C19H25ClN2O4. The van der Waals surface area contributed by atoms with Crippen LogP contribution in [0.25, 0.3) is 0 Å². The molecule has 2 heterocycles. The van der Waals surface area contributed by atoms with Gasteiger partial charge in [0.25, 0.3) is 0 Å². The Morgan fingerprint density at radius 1 is 1.54 bits per heavy atom. The number of nitrogens with zero attached hydrogens (tertiary/aromatic N) is 2. The van der Waals surface area contributed by atoms with Gasteiger partial charge in [0, 0.05) is 30.9 Å². The van der Waals surface area contributed by atoms with E-state index in [4.69, 9.17) is 21.1 Å². The predicted octanol–water partition coefficient (Wildman–Crippen LogP) is 3.19. The number of allylic oxidation sites excluding steroid dienone is 3. The van der Waals surface area contributed by atoms with Crippen LogP contribution in [0.1, 0.15) is 33.1 Å². The third kappa shape index (κ3) is 4.62. The van der Waals surface area contributed by atoms with Gasteiger partial charge in [-0.15, -0.1) is 0 Å². The Morgan fingerprint density at radius 3 is 2.85 bits per heavy atom. The van der Waals surface area contributed by atoms with Gasteiger partial charge in [-0.05, 0) is 32.3 Å². The molecule has 26 heavy (non-hydrogen) atoms. The van der Waals surface area contributed by atoms with Gasteiger partial charge in [0.05, 0.1) is 25.3 Å². The van der Waals surface area contributed by atoms with Crippen LogP contribution in [0.4, 0.5) is 0 Å². The molecule has 1 amide bonds. The Bertz CT molecular complexity index is 675. The van der Waals surface area contributed by atoms with Crippen molar-refractivity contribution in [1.29, 1.82) is 0 Å². The van der Waals surface area contributed by atoms with Crippen LogP contribution < -0.4 is 0 Å². The van der Waals surface area contributed by atoms with E-state index in [2.05, 4.69) is 11.6 Å². The van der Waals surface area contributed by atoms with Gasteiger partial charge in [0.1, 0.15) is 5.16 Å². The van der Waals surface area contributed by atoms with Gasteiger partial charge in [-0.3, -0.25) is 4.79 Å². The topological polar surface area (TPSA) is 68.2 Å². The zero-order chi connectivity index (χ0) is 19.3. The van der Waals surface area contributed by atoms with Crippen molar-refractivity contribution in [3.63, 3.8) is 0 Å². The highest BCUT2D eigenvalue weighted by atomic mass is 35.5. The average molecular weight is 381 g/mol. The maximum Gasteiger partial charge on any atom is 0.336 e. The van der Waals surface area contributed by atoms with Gasteiger partial charge in [-0.1, -0.05) is 24.3 Å². The second kappa shape index (κ2) is 9.14. The van der Waals surface area contributed by atoms with Crippen LogP contribution in [0.3, 0.4) is 0 Å². The second-order valence-electron chi connectivity index (χ2n) is 6.33. The molecule has 1 saturated heterocycles. The molecular weight excluding hydrogens is 356 g/mol. The number of hydrogen-bond acceptors (Lipinski definition) is 5. The largest absolute Gasteiger partial charge is 0.466 e. The summed E-state index contributed by atoms with van der Waals surface area (Å²) in [6.07, 6.45) is 5.17. The highest BCUT2D eigenvalue weighted by Crippen LogP contribution is 2.34. The minimum Gasteiger partial charge on any atom is -0.466 e. The molecule has 0 unspecified atom stereocenters. The number of amides is 1. The fraction of sp³-hybridized carbons (Fsp3) is 0.526. The van der Waals surface area contributed by atoms with E-state index in [9.17, 15) is 9.59 Å². The second-order valence-corrected chi connectivity index (χ2v) is 6.72. The SMILES string of the molecule is C=C(C=N/C(Cl)=C\C)[C@@H]1CC(=O)N(C[C@H]2CCCO2)C(C)=C1C(=O)OC. The highest BCUT2D eigenvalue weighted by molar-refractivity contribution is 6.29. The van der Waals surface area contributed by atoms with Crippen molar-refractivity contribution >= 4 is 29.7 Å². The van der Waals surface area contributed by atoms with Gasteiger partial charge in [0.2, 0.25) is 5.91 Å². The highest BCUT2D eigenvalue weighted by Gasteiger charge is 2.38. The lowest BCUT2D eigenvalue weighted by Gasteiger charge is -2.35. The number of rotatable bonds is 6. The normalized spacial score (nSPS) is 24.5. The van der Waals surface area contributed by atoms with Crippen molar-refractivity contribution in [3.05, 3.63) is 34.7 Å². The van der Waals surface area contributed by atoms with E-state index in [0.29, 0.717) is 35.2 Å². The maximum atomic E-state index is 12.7. The third-order valence-corrected chi connectivity index (χ3v) is 4.99. The number of halogens is 1. The summed E-state index contributed by atoms with van der Waals surface area (Å²) in [5, 5.41) is 0.314. The average Bonchev–Trinajstić information content (AvgIpc) is 3.14. The van der Waals surface area contributed by atoms with E-state index in [1.165, 1.54) is 13.3 Å². The molecule has 2 rings (SSSR count). The fourth-order valence-electron chi connectivity index (χ4n) is 3.23. The van der Waals surface area contributed by atoms with Crippen molar-refractivity contribution in [2.75, 3.05) is 20.3 Å². The summed E-state index contributed by atoms with van der Waals surface area (Å²) < 4.78 is 10.6. The molecule has 0 saturated carbocycles. The smallest absolute Gasteiger partial charge is 0.336 e. The van der Waals surface area contributed by atoms with Crippen LogP contribution in [0.2, 0.25) is 0 Å². The summed E-state index contributed by atoms with van der Waals surface area (Å²) in [7, 11) is 1.33. The molecule has 142 valence electrons. The molecule has 0 aromatic carbocycles. The molecule has 2 atom stereocenters. The standard InChI is InChI=1S/C19H25ClN2O4/c1-5-16(20)21-10-12(2)15-9-17(23)22(11-14-7-6-8-26-14)13(3)18(15)19(24)25-4/h5,10,14-15H,2,6-9,11H2,1,3-4H3/b16-5-,21-10?/t14-,15+/m1/s1. The fourth-order valence-corrected chi connectivity index (χ4v) is 3.28. The molecule has 2 aliphatic heterocycles. The number of hydrogen-bond donors (Lipinski definition) is 0. The Morgan fingerprint density at radius 2 is 2.27 bits per heavy atom. The van der Waals surface area contributed by atoms with Crippen LogP contribution in [0.15, 0.2) is 39.6 Å². The Balaban J connectivity index is 2.32. The van der Waals surface area contributed by atoms with Crippen LogP contribution in [-0.2, 0) is 19.1 Å². The first-order valence-electron chi connectivity index (χ1n) is 8.64. The van der Waals surface area contributed by atoms with Crippen molar-refractivity contribution in [3.8, 4) is 0 Å². The van der Waals surface area contributed by atoms with E-state index in [1.807, 2.05) is 0 Å². The van der Waals surface area contributed by atoms with E-state index >= 15 is 0 Å². The Hall–Kier alpha value is -1.92. The molecule has 0 N–H and O–H groups in total. The Kier molecular flexibility index (Phi) is 7.17. The molecule has 2 aliphatic rings. The summed E-state index contributed by atoms with van der Waals surface area (Å²) in [4.78, 5) is 30.8. The number of carbonyl (C=O) groups excluding carboxylic acids is 2. The number of methoxy groups -OCH3 is 1. The summed E-state index contributed by atoms with van der Waals surface area (Å²) in [6.45, 7) is 8.65. The third-order valence-electron chi connectivity index (χ3n) is 4.68. The van der Waals surface area contributed by atoms with E-state index < -0.39 is 11.9 Å². The summed E-state index contributed by atoms with van der Waals surface area (Å²) >= 11 is 5.88. The summed E-state index contributed by atoms with van der Waals surface area (Å²) in [6, 6.07) is 0.